The molecule has 88 valence electrons. The van der Waals surface area contributed by atoms with Crippen molar-refractivity contribution in [3.63, 3.8) is 0 Å². The number of fused-ring (bicyclic) bond motifs is 1. The van der Waals surface area contributed by atoms with Crippen molar-refractivity contribution in [1.82, 2.24) is 5.32 Å². The van der Waals surface area contributed by atoms with E-state index in [1.54, 1.807) is 11.8 Å². The highest BCUT2D eigenvalue weighted by Gasteiger charge is 2.29. The number of thioether (sulfide) groups is 1. The Bertz CT molecular complexity index is 364. The summed E-state index contributed by atoms with van der Waals surface area (Å²) in [6, 6.07) is 7.49. The molecule has 1 atom stereocenters. The Balaban J connectivity index is 2.07. The lowest BCUT2D eigenvalue weighted by Gasteiger charge is -2.26. The van der Waals surface area contributed by atoms with Crippen molar-refractivity contribution in [2.75, 3.05) is 12.3 Å². The maximum Gasteiger partial charge on any atom is 0.401 e. The number of halogens is 3. The largest absolute Gasteiger partial charge is 0.401 e. The van der Waals surface area contributed by atoms with Crippen molar-refractivity contribution in [2.45, 2.75) is 18.0 Å². The first-order chi connectivity index (χ1) is 7.56. The van der Waals surface area contributed by atoms with Crippen LogP contribution in [0, 0.1) is 0 Å². The summed E-state index contributed by atoms with van der Waals surface area (Å²) in [4.78, 5) is 0. The molecule has 0 aliphatic carbocycles. The summed E-state index contributed by atoms with van der Waals surface area (Å²) in [6.07, 6.45) is -4.14. The van der Waals surface area contributed by atoms with E-state index in [2.05, 4.69) is 5.32 Å². The molecule has 1 nitrogen and oxygen atoms in total. The molecule has 0 saturated heterocycles. The predicted molar refractivity (Wildman–Crippen MR) is 59.4 cm³/mol. The molecule has 0 radical (unpaired) electrons. The van der Waals surface area contributed by atoms with Gasteiger partial charge >= 0.3 is 6.18 Å². The van der Waals surface area contributed by atoms with Gasteiger partial charge in [0.2, 0.25) is 0 Å². The van der Waals surface area contributed by atoms with Gasteiger partial charge in [0.25, 0.3) is 0 Å². The van der Waals surface area contributed by atoms with E-state index in [-0.39, 0.29) is 6.04 Å². The van der Waals surface area contributed by atoms with E-state index < -0.39 is 12.7 Å². The number of nitrogens with one attached hydrogen (secondary N) is 1. The average molecular weight is 247 g/mol. The van der Waals surface area contributed by atoms with Crippen molar-refractivity contribution in [3.05, 3.63) is 35.4 Å². The summed E-state index contributed by atoms with van der Waals surface area (Å²) in [7, 11) is 0. The molecule has 1 aliphatic rings. The molecule has 0 fully saturated rings. The van der Waals surface area contributed by atoms with Gasteiger partial charge in [0.05, 0.1) is 6.54 Å². The molecule has 1 unspecified atom stereocenters. The normalized spacial score (nSPS) is 20.6. The van der Waals surface area contributed by atoms with Crippen LogP contribution in [0.15, 0.2) is 24.3 Å². The first-order valence-electron chi connectivity index (χ1n) is 5.02. The fourth-order valence-electron chi connectivity index (χ4n) is 1.79. The van der Waals surface area contributed by atoms with Gasteiger partial charge in [-0.25, -0.2) is 0 Å². The Hall–Kier alpha value is -0.680. The number of benzene rings is 1. The summed E-state index contributed by atoms with van der Waals surface area (Å²) in [5.74, 6) is 1.59. The molecule has 2 rings (SSSR count). The Labute approximate surface area is 96.4 Å². The minimum atomic E-state index is -4.14. The second-order valence-electron chi connectivity index (χ2n) is 3.76. The number of alkyl halides is 3. The van der Waals surface area contributed by atoms with Gasteiger partial charge in [-0.2, -0.15) is 24.9 Å². The lowest BCUT2D eigenvalue weighted by atomic mass is 10.0. The topological polar surface area (TPSA) is 12.0 Å². The van der Waals surface area contributed by atoms with E-state index in [0.717, 1.165) is 16.9 Å². The maximum atomic E-state index is 12.1. The van der Waals surface area contributed by atoms with E-state index in [1.807, 2.05) is 24.3 Å². The molecule has 0 spiro atoms. The van der Waals surface area contributed by atoms with Crippen LogP contribution in [0.1, 0.15) is 17.2 Å². The Morgan fingerprint density at radius 3 is 2.81 bits per heavy atom. The van der Waals surface area contributed by atoms with Gasteiger partial charge in [0, 0.05) is 17.5 Å². The standard InChI is InChI=1S/C11H12F3NS/c12-11(13,14)7-15-10-6-16-5-8-3-1-2-4-9(8)10/h1-4,10,15H,5-7H2. The van der Waals surface area contributed by atoms with Crippen LogP contribution in [0.3, 0.4) is 0 Å². The van der Waals surface area contributed by atoms with Crippen LogP contribution in [0.25, 0.3) is 0 Å². The molecule has 16 heavy (non-hydrogen) atoms. The molecule has 0 amide bonds. The Morgan fingerprint density at radius 1 is 1.31 bits per heavy atom. The van der Waals surface area contributed by atoms with Crippen LogP contribution < -0.4 is 5.32 Å². The number of hydrogen-bond donors (Lipinski definition) is 1. The summed E-state index contributed by atoms with van der Waals surface area (Å²) in [5.41, 5.74) is 2.14. The van der Waals surface area contributed by atoms with Crippen LogP contribution in [0.2, 0.25) is 0 Å². The van der Waals surface area contributed by atoms with Crippen LogP contribution in [0.4, 0.5) is 13.2 Å². The third-order valence-electron chi connectivity index (χ3n) is 2.52. The minimum absolute atomic E-state index is 0.184. The molecular weight excluding hydrogens is 235 g/mol. The summed E-state index contributed by atoms with van der Waals surface area (Å²) in [6.45, 7) is -0.924. The first kappa shape index (κ1) is 11.8. The molecule has 1 aliphatic heterocycles. The Kier molecular flexibility index (Phi) is 3.44. The zero-order valence-electron chi connectivity index (χ0n) is 8.55. The monoisotopic (exact) mass is 247 g/mol. The van der Waals surface area contributed by atoms with E-state index in [1.165, 1.54) is 0 Å². The molecule has 1 N–H and O–H groups in total. The van der Waals surface area contributed by atoms with Crippen molar-refractivity contribution >= 4 is 11.8 Å². The third-order valence-corrected chi connectivity index (χ3v) is 3.61. The highest BCUT2D eigenvalue weighted by molar-refractivity contribution is 7.98. The summed E-state index contributed by atoms with van der Waals surface area (Å²) in [5, 5.41) is 2.57. The van der Waals surface area contributed by atoms with Gasteiger partial charge < -0.3 is 5.32 Å². The van der Waals surface area contributed by atoms with Gasteiger partial charge in [0.1, 0.15) is 0 Å². The molecule has 1 aromatic rings. The van der Waals surface area contributed by atoms with E-state index in [0.29, 0.717) is 5.75 Å². The lowest BCUT2D eigenvalue weighted by Crippen LogP contribution is -2.34. The van der Waals surface area contributed by atoms with Crippen molar-refractivity contribution in [3.8, 4) is 0 Å². The van der Waals surface area contributed by atoms with Crippen LogP contribution in [0.5, 0.6) is 0 Å². The van der Waals surface area contributed by atoms with Crippen molar-refractivity contribution in [2.24, 2.45) is 0 Å². The van der Waals surface area contributed by atoms with Crippen LogP contribution in [-0.2, 0) is 5.75 Å². The third kappa shape index (κ3) is 2.92. The molecular formula is C11H12F3NS. The number of rotatable bonds is 2. The fourth-order valence-corrected chi connectivity index (χ4v) is 2.92. The SMILES string of the molecule is FC(F)(F)CNC1CSCc2ccccc21. The van der Waals surface area contributed by atoms with Crippen molar-refractivity contribution < 1.29 is 13.2 Å². The number of hydrogen-bond acceptors (Lipinski definition) is 2. The van der Waals surface area contributed by atoms with Gasteiger partial charge in [-0.05, 0) is 11.1 Å². The highest BCUT2D eigenvalue weighted by Crippen LogP contribution is 2.31. The molecule has 0 bridgehead atoms. The van der Waals surface area contributed by atoms with E-state index in [4.69, 9.17) is 0 Å². The fraction of sp³-hybridized carbons (Fsp3) is 0.455. The maximum absolute atomic E-state index is 12.1. The summed E-state index contributed by atoms with van der Waals surface area (Å²) < 4.78 is 36.4. The first-order valence-corrected chi connectivity index (χ1v) is 6.17. The second-order valence-corrected chi connectivity index (χ2v) is 4.79. The van der Waals surface area contributed by atoms with E-state index in [9.17, 15) is 13.2 Å². The van der Waals surface area contributed by atoms with Gasteiger partial charge in [0.15, 0.2) is 0 Å². The smallest absolute Gasteiger partial charge is 0.301 e. The molecule has 0 aromatic heterocycles. The van der Waals surface area contributed by atoms with E-state index >= 15 is 0 Å². The molecule has 1 heterocycles. The summed E-state index contributed by atoms with van der Waals surface area (Å²) >= 11 is 1.67. The van der Waals surface area contributed by atoms with Gasteiger partial charge in [-0.3, -0.25) is 0 Å². The molecule has 5 heteroatoms. The van der Waals surface area contributed by atoms with Crippen LogP contribution in [-0.4, -0.2) is 18.5 Å². The zero-order valence-corrected chi connectivity index (χ0v) is 9.37. The lowest BCUT2D eigenvalue weighted by molar-refractivity contribution is -0.126. The quantitative estimate of drug-likeness (QED) is 0.861. The molecule has 1 aromatic carbocycles. The van der Waals surface area contributed by atoms with Crippen LogP contribution >= 0.6 is 11.8 Å². The highest BCUT2D eigenvalue weighted by atomic mass is 32.2. The molecule has 0 saturated carbocycles. The Morgan fingerprint density at radius 2 is 2.06 bits per heavy atom. The second kappa shape index (κ2) is 4.67. The van der Waals surface area contributed by atoms with Gasteiger partial charge in [-0.1, -0.05) is 24.3 Å². The zero-order chi connectivity index (χ0) is 11.6. The average Bonchev–Trinajstić information content (AvgIpc) is 2.25. The van der Waals surface area contributed by atoms with Gasteiger partial charge in [-0.15, -0.1) is 0 Å². The van der Waals surface area contributed by atoms with Crippen molar-refractivity contribution in [1.29, 1.82) is 0 Å². The minimum Gasteiger partial charge on any atom is -0.301 e. The predicted octanol–water partition coefficient (Wildman–Crippen LogP) is 3.13.